The summed E-state index contributed by atoms with van der Waals surface area (Å²) in [4.78, 5) is 11.2. The van der Waals surface area contributed by atoms with Crippen molar-refractivity contribution in [1.29, 1.82) is 0 Å². The molecule has 0 aromatic rings. The van der Waals surface area contributed by atoms with Gasteiger partial charge in [-0.3, -0.25) is 0 Å². The Morgan fingerprint density at radius 3 is 2.40 bits per heavy atom. The molecule has 1 heterocycles. The normalized spacial score (nSPS) is 21.0. The molecule has 0 aromatic heterocycles. The highest BCUT2D eigenvalue weighted by Crippen LogP contribution is 2.35. The minimum atomic E-state index is -2.06. The Hall–Kier alpha value is -0.653. The molecule has 0 radical (unpaired) electrons. The molecule has 1 saturated heterocycles. The summed E-state index contributed by atoms with van der Waals surface area (Å²) in [6, 6.07) is 0.875. The van der Waals surface area contributed by atoms with Crippen LogP contribution in [0.25, 0.3) is 0 Å². The van der Waals surface area contributed by atoms with Crippen molar-refractivity contribution in [1.82, 2.24) is 0 Å². The van der Waals surface area contributed by atoms with Crippen LogP contribution < -0.4 is 0 Å². The lowest BCUT2D eigenvalue weighted by atomic mass is 9.84. The Bertz CT molecular complexity index is 327. The first-order valence-corrected chi connectivity index (χ1v) is 10.1. The summed E-state index contributed by atoms with van der Waals surface area (Å²) in [6.07, 6.45) is 6.10. The summed E-state index contributed by atoms with van der Waals surface area (Å²) in [5.41, 5.74) is 0.199. The second-order valence-electron chi connectivity index (χ2n) is 5.69. The number of esters is 1. The van der Waals surface area contributed by atoms with Crippen LogP contribution in [0.15, 0.2) is 12.2 Å². The SMILES string of the molecule is CC=CC(=O)OCCC[Si]1(C)OCC(CC)(CC)CO1. The number of carbonyl (C=O) groups is 1. The highest BCUT2D eigenvalue weighted by Gasteiger charge is 2.42. The Kier molecular flexibility index (Phi) is 6.92. The number of ether oxygens (including phenoxy) is 1. The van der Waals surface area contributed by atoms with Gasteiger partial charge in [0.05, 0.1) is 6.61 Å². The molecular formula is C15H28O4Si. The summed E-state index contributed by atoms with van der Waals surface area (Å²) in [5, 5.41) is 0. The predicted octanol–water partition coefficient (Wildman–Crippen LogP) is 3.42. The number of carbonyl (C=O) groups excluding carboxylic acids is 1. The maximum Gasteiger partial charge on any atom is 0.335 e. The average molecular weight is 300 g/mol. The number of hydrogen-bond donors (Lipinski definition) is 0. The molecule has 0 bridgehead atoms. The Morgan fingerprint density at radius 2 is 1.90 bits per heavy atom. The number of rotatable bonds is 7. The van der Waals surface area contributed by atoms with Gasteiger partial charge in [0.15, 0.2) is 0 Å². The third-order valence-electron chi connectivity index (χ3n) is 4.19. The summed E-state index contributed by atoms with van der Waals surface area (Å²) < 4.78 is 17.2. The van der Waals surface area contributed by atoms with E-state index in [0.717, 1.165) is 38.5 Å². The molecule has 0 aromatic carbocycles. The fourth-order valence-corrected chi connectivity index (χ4v) is 4.63. The minimum absolute atomic E-state index is 0.199. The van der Waals surface area contributed by atoms with E-state index in [2.05, 4.69) is 20.4 Å². The van der Waals surface area contributed by atoms with Gasteiger partial charge in [-0.1, -0.05) is 19.9 Å². The van der Waals surface area contributed by atoms with Crippen molar-refractivity contribution in [2.75, 3.05) is 19.8 Å². The third-order valence-corrected chi connectivity index (χ3v) is 6.96. The van der Waals surface area contributed by atoms with Crippen LogP contribution in [-0.2, 0) is 18.4 Å². The maximum atomic E-state index is 11.2. The van der Waals surface area contributed by atoms with Crippen molar-refractivity contribution in [2.45, 2.75) is 52.6 Å². The van der Waals surface area contributed by atoms with E-state index in [1.54, 1.807) is 13.0 Å². The summed E-state index contributed by atoms with van der Waals surface area (Å²) in [5.74, 6) is -0.277. The maximum absolute atomic E-state index is 11.2. The molecule has 1 aliphatic rings. The van der Waals surface area contributed by atoms with Crippen LogP contribution in [0.2, 0.25) is 12.6 Å². The Balaban J connectivity index is 2.29. The molecule has 1 fully saturated rings. The van der Waals surface area contributed by atoms with Crippen LogP contribution >= 0.6 is 0 Å². The number of hydrogen-bond acceptors (Lipinski definition) is 4. The standard InChI is InChI=1S/C15H28O4Si/c1-5-9-14(16)17-10-8-11-20(4)18-12-15(6-2,7-3)13-19-20/h5,9H,6-8,10-13H2,1-4H3. The zero-order valence-corrected chi connectivity index (χ0v) is 14.2. The van der Waals surface area contributed by atoms with Crippen molar-refractivity contribution in [3.63, 3.8) is 0 Å². The van der Waals surface area contributed by atoms with Gasteiger partial charge >= 0.3 is 14.5 Å². The minimum Gasteiger partial charge on any atom is -0.463 e. The van der Waals surface area contributed by atoms with Crippen molar-refractivity contribution in [2.24, 2.45) is 5.41 Å². The largest absolute Gasteiger partial charge is 0.463 e. The summed E-state index contributed by atoms with van der Waals surface area (Å²) in [7, 11) is -2.06. The zero-order valence-electron chi connectivity index (χ0n) is 13.2. The molecule has 5 heteroatoms. The molecule has 0 spiro atoms. The van der Waals surface area contributed by atoms with Gasteiger partial charge in [-0.2, -0.15) is 0 Å². The lowest BCUT2D eigenvalue weighted by Gasteiger charge is -2.43. The van der Waals surface area contributed by atoms with Crippen LogP contribution in [0.3, 0.4) is 0 Å². The first-order valence-electron chi connectivity index (χ1n) is 7.56. The summed E-state index contributed by atoms with van der Waals surface area (Å²) in [6.45, 7) is 10.3. The third kappa shape index (κ3) is 5.03. The van der Waals surface area contributed by atoms with Gasteiger partial charge in [0.2, 0.25) is 0 Å². The van der Waals surface area contributed by atoms with E-state index in [9.17, 15) is 4.79 Å². The van der Waals surface area contributed by atoms with Gasteiger partial charge in [0.25, 0.3) is 0 Å². The van der Waals surface area contributed by atoms with E-state index in [-0.39, 0.29) is 11.4 Å². The first-order chi connectivity index (χ1) is 9.49. The molecular weight excluding hydrogens is 272 g/mol. The van der Waals surface area contributed by atoms with E-state index < -0.39 is 8.56 Å². The lowest BCUT2D eigenvalue weighted by Crippen LogP contribution is -2.51. The van der Waals surface area contributed by atoms with E-state index in [1.165, 1.54) is 6.08 Å². The first kappa shape index (κ1) is 17.4. The molecule has 0 saturated carbocycles. The average Bonchev–Trinajstić information content (AvgIpc) is 2.46. The fourth-order valence-electron chi connectivity index (χ4n) is 2.25. The molecule has 20 heavy (non-hydrogen) atoms. The van der Waals surface area contributed by atoms with E-state index in [0.29, 0.717) is 6.61 Å². The van der Waals surface area contributed by atoms with E-state index in [4.69, 9.17) is 13.6 Å². The van der Waals surface area contributed by atoms with Gasteiger partial charge in [0, 0.05) is 24.7 Å². The highest BCUT2D eigenvalue weighted by atomic mass is 28.4. The van der Waals surface area contributed by atoms with Gasteiger partial charge in [-0.15, -0.1) is 0 Å². The Labute approximate surface area is 123 Å². The van der Waals surface area contributed by atoms with Crippen molar-refractivity contribution >= 4 is 14.5 Å². The van der Waals surface area contributed by atoms with Crippen LogP contribution in [0.1, 0.15) is 40.0 Å². The van der Waals surface area contributed by atoms with Crippen LogP contribution in [0.4, 0.5) is 0 Å². The topological polar surface area (TPSA) is 44.8 Å². The second kappa shape index (κ2) is 7.95. The molecule has 0 amide bonds. The zero-order chi connectivity index (χ0) is 15.1. The summed E-state index contributed by atoms with van der Waals surface area (Å²) >= 11 is 0. The molecule has 0 atom stereocenters. The molecule has 0 N–H and O–H groups in total. The van der Waals surface area contributed by atoms with Crippen molar-refractivity contribution in [3.8, 4) is 0 Å². The number of allylic oxidation sites excluding steroid dienone is 1. The van der Waals surface area contributed by atoms with E-state index in [1.807, 2.05) is 0 Å². The highest BCUT2D eigenvalue weighted by molar-refractivity contribution is 6.66. The quantitative estimate of drug-likeness (QED) is 0.313. The van der Waals surface area contributed by atoms with E-state index >= 15 is 0 Å². The predicted molar refractivity (Wildman–Crippen MR) is 81.7 cm³/mol. The van der Waals surface area contributed by atoms with Crippen LogP contribution in [-0.4, -0.2) is 34.4 Å². The van der Waals surface area contributed by atoms with Crippen LogP contribution in [0.5, 0.6) is 0 Å². The molecule has 4 nitrogen and oxygen atoms in total. The van der Waals surface area contributed by atoms with Crippen LogP contribution in [0, 0.1) is 5.41 Å². The monoisotopic (exact) mass is 300 g/mol. The second-order valence-corrected chi connectivity index (χ2v) is 9.03. The molecule has 1 rings (SSSR count). The Morgan fingerprint density at radius 1 is 1.30 bits per heavy atom. The molecule has 0 aliphatic carbocycles. The lowest BCUT2D eigenvalue weighted by molar-refractivity contribution is -0.137. The van der Waals surface area contributed by atoms with Gasteiger partial charge in [-0.05, 0) is 38.8 Å². The van der Waals surface area contributed by atoms with Crippen molar-refractivity contribution < 1.29 is 18.4 Å². The fraction of sp³-hybridized carbons (Fsp3) is 0.800. The van der Waals surface area contributed by atoms with Crippen molar-refractivity contribution in [3.05, 3.63) is 12.2 Å². The molecule has 1 aliphatic heterocycles. The molecule has 116 valence electrons. The van der Waals surface area contributed by atoms with Gasteiger partial charge in [0.1, 0.15) is 0 Å². The van der Waals surface area contributed by atoms with Gasteiger partial charge in [-0.25, -0.2) is 4.79 Å². The van der Waals surface area contributed by atoms with Gasteiger partial charge < -0.3 is 13.6 Å². The smallest absolute Gasteiger partial charge is 0.335 e. The molecule has 0 unspecified atom stereocenters.